The SMILES string of the molecule is CC=CCCCC(=O)O[C@H]1C(=O)C(C)(C)[C@@H](O)[C@H]1CCC(O)Cc1cc2ccccc2s1. The second kappa shape index (κ2) is 10.7. The fraction of sp³-hybridized carbons (Fsp3) is 0.538. The van der Waals surface area contributed by atoms with Gasteiger partial charge in [-0.2, -0.15) is 0 Å². The lowest BCUT2D eigenvalue weighted by Gasteiger charge is -2.24. The molecule has 174 valence electrons. The summed E-state index contributed by atoms with van der Waals surface area (Å²) in [6.45, 7) is 5.32. The highest BCUT2D eigenvalue weighted by atomic mass is 32.1. The summed E-state index contributed by atoms with van der Waals surface area (Å²) >= 11 is 1.67. The molecule has 0 amide bonds. The van der Waals surface area contributed by atoms with Crippen molar-refractivity contribution in [1.82, 2.24) is 0 Å². The fourth-order valence-electron chi connectivity index (χ4n) is 4.45. The molecular weight excluding hydrogens is 424 g/mol. The van der Waals surface area contributed by atoms with Gasteiger partial charge in [0.25, 0.3) is 0 Å². The van der Waals surface area contributed by atoms with Crippen molar-refractivity contribution in [3.63, 3.8) is 0 Å². The molecule has 1 heterocycles. The molecular formula is C26H34O5S. The predicted molar refractivity (Wildman–Crippen MR) is 128 cm³/mol. The van der Waals surface area contributed by atoms with Gasteiger partial charge in [-0.25, -0.2) is 0 Å². The van der Waals surface area contributed by atoms with Crippen molar-refractivity contribution in [1.29, 1.82) is 0 Å². The van der Waals surface area contributed by atoms with Crippen molar-refractivity contribution < 1.29 is 24.5 Å². The van der Waals surface area contributed by atoms with Gasteiger partial charge in [0.1, 0.15) is 0 Å². The summed E-state index contributed by atoms with van der Waals surface area (Å²) in [6.07, 6.45) is 4.52. The zero-order valence-electron chi connectivity index (χ0n) is 19.1. The lowest BCUT2D eigenvalue weighted by molar-refractivity contribution is -0.157. The summed E-state index contributed by atoms with van der Waals surface area (Å²) < 4.78 is 6.75. The summed E-state index contributed by atoms with van der Waals surface area (Å²) in [5.41, 5.74) is -0.975. The number of thiophene rings is 1. The standard InChI is InChI=1S/C26H34O5S/c1-4-5-6-7-12-22(28)31-23-20(24(29)26(2,3)25(23)30)14-13-18(27)16-19-15-17-10-8-9-11-21(17)32-19/h4-5,8-11,15,18,20,23-24,27,29H,6-7,12-14,16H2,1-3H3/t18?,20-,23+,24-/m0/s1. The number of carbonyl (C=O) groups is 2. The maximum absolute atomic E-state index is 12.9. The van der Waals surface area contributed by atoms with Gasteiger partial charge in [-0.15, -0.1) is 11.3 Å². The van der Waals surface area contributed by atoms with E-state index in [1.807, 2.05) is 31.2 Å². The van der Waals surface area contributed by atoms with Gasteiger partial charge < -0.3 is 14.9 Å². The highest BCUT2D eigenvalue weighted by Gasteiger charge is 2.56. The summed E-state index contributed by atoms with van der Waals surface area (Å²) in [4.78, 5) is 26.3. The minimum Gasteiger partial charge on any atom is -0.454 e. The van der Waals surface area contributed by atoms with E-state index < -0.39 is 35.6 Å². The minimum atomic E-state index is -0.975. The largest absolute Gasteiger partial charge is 0.454 e. The Bertz CT molecular complexity index is 927. The maximum atomic E-state index is 12.9. The van der Waals surface area contributed by atoms with Crippen LogP contribution in [0.4, 0.5) is 0 Å². The summed E-state index contributed by atoms with van der Waals surface area (Å²) in [6, 6.07) is 10.2. The Kier molecular flexibility index (Phi) is 8.26. The van der Waals surface area contributed by atoms with Crippen molar-refractivity contribution in [2.45, 2.75) is 77.6 Å². The molecule has 1 aliphatic carbocycles. The molecule has 32 heavy (non-hydrogen) atoms. The first-order valence-corrected chi connectivity index (χ1v) is 12.2. The Morgan fingerprint density at radius 3 is 2.78 bits per heavy atom. The van der Waals surface area contributed by atoms with Gasteiger partial charge in [0, 0.05) is 28.3 Å². The van der Waals surface area contributed by atoms with Crippen LogP contribution in [0.15, 0.2) is 42.5 Å². The van der Waals surface area contributed by atoms with Crippen LogP contribution in [-0.4, -0.2) is 40.3 Å². The predicted octanol–water partition coefficient (Wildman–Crippen LogP) is 4.83. The molecule has 6 heteroatoms. The highest BCUT2D eigenvalue weighted by Crippen LogP contribution is 2.42. The maximum Gasteiger partial charge on any atom is 0.306 e. The van der Waals surface area contributed by atoms with Crippen LogP contribution in [0.5, 0.6) is 0 Å². The topological polar surface area (TPSA) is 83.8 Å². The number of aliphatic hydroxyl groups is 2. The number of Topliss-reactive ketones (excluding diaryl/α,β-unsaturated/α-hetero) is 1. The molecule has 2 aromatic rings. The Labute approximate surface area is 194 Å². The Morgan fingerprint density at radius 1 is 1.31 bits per heavy atom. The molecule has 2 N–H and O–H groups in total. The molecule has 1 saturated carbocycles. The second-order valence-electron chi connectivity index (χ2n) is 9.25. The van der Waals surface area contributed by atoms with Crippen LogP contribution in [-0.2, 0) is 20.7 Å². The van der Waals surface area contributed by atoms with Gasteiger partial charge in [0.15, 0.2) is 11.9 Å². The monoisotopic (exact) mass is 458 g/mol. The molecule has 3 rings (SSSR count). The number of fused-ring (bicyclic) bond motifs is 1. The number of allylic oxidation sites excluding steroid dienone is 2. The van der Waals surface area contributed by atoms with Crippen molar-refractivity contribution >= 4 is 33.2 Å². The Morgan fingerprint density at radius 2 is 2.06 bits per heavy atom. The van der Waals surface area contributed by atoms with Crippen LogP contribution in [0, 0.1) is 11.3 Å². The number of hydrogen-bond acceptors (Lipinski definition) is 6. The number of rotatable bonds is 10. The van der Waals surface area contributed by atoms with E-state index in [0.717, 1.165) is 11.3 Å². The molecule has 4 atom stereocenters. The molecule has 0 radical (unpaired) electrons. The smallest absolute Gasteiger partial charge is 0.306 e. The molecule has 1 aliphatic rings. The van der Waals surface area contributed by atoms with Gasteiger partial charge in [-0.3, -0.25) is 9.59 Å². The van der Waals surface area contributed by atoms with E-state index in [9.17, 15) is 19.8 Å². The van der Waals surface area contributed by atoms with Crippen LogP contribution >= 0.6 is 11.3 Å². The van der Waals surface area contributed by atoms with Gasteiger partial charge in [-0.1, -0.05) is 44.2 Å². The zero-order valence-corrected chi connectivity index (χ0v) is 19.9. The molecule has 1 fully saturated rings. The summed E-state index contributed by atoms with van der Waals surface area (Å²) in [7, 11) is 0. The number of carbonyl (C=O) groups excluding carboxylic acids is 2. The number of unbranched alkanes of at least 4 members (excludes halogenated alkanes) is 1. The Hall–Kier alpha value is -2.02. The van der Waals surface area contributed by atoms with Crippen molar-refractivity contribution in [3.8, 4) is 0 Å². The molecule has 0 bridgehead atoms. The van der Waals surface area contributed by atoms with Crippen molar-refractivity contribution in [3.05, 3.63) is 47.4 Å². The van der Waals surface area contributed by atoms with Crippen LogP contribution in [0.25, 0.3) is 10.1 Å². The number of ketones is 1. The average Bonchev–Trinajstić information content (AvgIpc) is 3.23. The average molecular weight is 459 g/mol. The summed E-state index contributed by atoms with van der Waals surface area (Å²) in [5, 5.41) is 22.6. The van der Waals surface area contributed by atoms with E-state index in [1.165, 1.54) is 10.1 Å². The third-order valence-corrected chi connectivity index (χ3v) is 7.56. The first kappa shape index (κ1) is 24.6. The van der Waals surface area contributed by atoms with E-state index >= 15 is 0 Å². The summed E-state index contributed by atoms with van der Waals surface area (Å²) in [5.74, 6) is -1.15. The number of esters is 1. The third kappa shape index (κ3) is 5.66. The number of aliphatic hydroxyl groups excluding tert-OH is 2. The molecule has 1 aromatic carbocycles. The first-order valence-electron chi connectivity index (χ1n) is 11.4. The van der Waals surface area contributed by atoms with Crippen LogP contribution in [0.3, 0.4) is 0 Å². The van der Waals surface area contributed by atoms with Crippen LogP contribution < -0.4 is 0 Å². The van der Waals surface area contributed by atoms with E-state index in [1.54, 1.807) is 25.2 Å². The van der Waals surface area contributed by atoms with Gasteiger partial charge >= 0.3 is 5.97 Å². The molecule has 0 aliphatic heterocycles. The van der Waals surface area contributed by atoms with E-state index in [4.69, 9.17) is 4.74 Å². The molecule has 5 nitrogen and oxygen atoms in total. The highest BCUT2D eigenvalue weighted by molar-refractivity contribution is 7.19. The number of ether oxygens (including phenoxy) is 1. The Balaban J connectivity index is 1.59. The lowest BCUT2D eigenvalue weighted by Crippen LogP contribution is -2.32. The van der Waals surface area contributed by atoms with Crippen molar-refractivity contribution in [2.75, 3.05) is 0 Å². The van der Waals surface area contributed by atoms with E-state index in [2.05, 4.69) is 18.2 Å². The van der Waals surface area contributed by atoms with Gasteiger partial charge in [0.2, 0.25) is 0 Å². The first-order chi connectivity index (χ1) is 15.2. The molecule has 0 spiro atoms. The second-order valence-corrected chi connectivity index (χ2v) is 10.4. The molecule has 0 saturated heterocycles. The third-order valence-electron chi connectivity index (χ3n) is 6.42. The number of hydrogen-bond donors (Lipinski definition) is 2. The van der Waals surface area contributed by atoms with Crippen LogP contribution in [0.1, 0.15) is 57.8 Å². The molecule has 1 unspecified atom stereocenters. The number of benzene rings is 1. The minimum absolute atomic E-state index is 0.240. The lowest BCUT2D eigenvalue weighted by atomic mass is 9.85. The van der Waals surface area contributed by atoms with Crippen molar-refractivity contribution in [2.24, 2.45) is 11.3 Å². The fourth-order valence-corrected chi connectivity index (χ4v) is 5.58. The molecule has 1 aromatic heterocycles. The zero-order chi connectivity index (χ0) is 23.3. The normalized spacial score (nSPS) is 23.8. The van der Waals surface area contributed by atoms with E-state index in [0.29, 0.717) is 25.7 Å². The quantitative estimate of drug-likeness (QED) is 0.303. The van der Waals surface area contributed by atoms with E-state index in [-0.39, 0.29) is 12.2 Å². The van der Waals surface area contributed by atoms with Gasteiger partial charge in [-0.05, 0) is 50.1 Å². The van der Waals surface area contributed by atoms with Crippen LogP contribution in [0.2, 0.25) is 0 Å². The van der Waals surface area contributed by atoms with Gasteiger partial charge in [0.05, 0.1) is 17.6 Å².